The van der Waals surface area contributed by atoms with Crippen molar-refractivity contribution in [2.75, 3.05) is 13.7 Å². The number of hydrogen-bond acceptors (Lipinski definition) is 5. The van der Waals surface area contributed by atoms with Crippen molar-refractivity contribution in [3.8, 4) is 0 Å². The molecule has 1 heterocycles. The molecule has 7 nitrogen and oxygen atoms in total. The van der Waals surface area contributed by atoms with Gasteiger partial charge >= 0.3 is 0 Å². The number of amides is 1. The van der Waals surface area contributed by atoms with Crippen LogP contribution in [0.1, 0.15) is 23.9 Å². The number of rotatable bonds is 7. The first-order valence-corrected chi connectivity index (χ1v) is 7.17. The molecule has 0 aliphatic heterocycles. The molecule has 1 aromatic heterocycles. The van der Waals surface area contributed by atoms with Crippen LogP contribution in [-0.4, -0.2) is 45.9 Å². The van der Waals surface area contributed by atoms with Crippen LogP contribution in [0, 0.1) is 6.92 Å². The van der Waals surface area contributed by atoms with Gasteiger partial charge in [-0.3, -0.25) is 4.79 Å². The third kappa shape index (κ3) is 4.92. The average Bonchev–Trinajstić information content (AvgIpc) is 2.88. The Balaban J connectivity index is 1.88. The average molecular weight is 303 g/mol. The maximum atomic E-state index is 11.8. The van der Waals surface area contributed by atoms with Crippen molar-refractivity contribution in [3.05, 3.63) is 41.2 Å². The minimum Gasteiger partial charge on any atom is -0.383 e. The van der Waals surface area contributed by atoms with Crippen LogP contribution in [0.4, 0.5) is 0 Å². The van der Waals surface area contributed by atoms with Gasteiger partial charge in [0, 0.05) is 19.6 Å². The lowest BCUT2D eigenvalue weighted by Crippen LogP contribution is -2.38. The van der Waals surface area contributed by atoms with Crippen molar-refractivity contribution in [1.82, 2.24) is 25.5 Å². The van der Waals surface area contributed by atoms with Crippen LogP contribution in [0.25, 0.3) is 0 Å². The van der Waals surface area contributed by atoms with Crippen molar-refractivity contribution in [2.24, 2.45) is 0 Å². The van der Waals surface area contributed by atoms with Crippen molar-refractivity contribution in [2.45, 2.75) is 32.9 Å². The molecule has 0 radical (unpaired) electrons. The molecule has 1 N–H and O–H groups in total. The number of nitrogens with one attached hydrogen (secondary N) is 1. The zero-order valence-electron chi connectivity index (χ0n) is 13.1. The van der Waals surface area contributed by atoms with E-state index in [1.807, 2.05) is 38.1 Å². The molecule has 0 bridgehead atoms. The Bertz CT molecular complexity index is 609. The van der Waals surface area contributed by atoms with Gasteiger partial charge in [0.1, 0.15) is 6.54 Å². The molecule has 22 heavy (non-hydrogen) atoms. The summed E-state index contributed by atoms with van der Waals surface area (Å²) < 4.78 is 4.97. The van der Waals surface area contributed by atoms with Gasteiger partial charge in [-0.15, -0.1) is 10.2 Å². The molecule has 1 aromatic carbocycles. The van der Waals surface area contributed by atoms with E-state index in [9.17, 15) is 4.79 Å². The van der Waals surface area contributed by atoms with E-state index in [0.29, 0.717) is 18.9 Å². The van der Waals surface area contributed by atoms with E-state index < -0.39 is 0 Å². The first kappa shape index (κ1) is 16.1. The second-order valence-electron chi connectivity index (χ2n) is 5.32. The van der Waals surface area contributed by atoms with Crippen LogP contribution < -0.4 is 5.32 Å². The highest BCUT2D eigenvalue weighted by atomic mass is 16.5. The van der Waals surface area contributed by atoms with Crippen LogP contribution in [0.5, 0.6) is 0 Å². The monoisotopic (exact) mass is 303 g/mol. The number of hydrogen-bond donors (Lipinski definition) is 1. The highest BCUT2D eigenvalue weighted by Gasteiger charge is 2.10. The summed E-state index contributed by atoms with van der Waals surface area (Å²) in [5.74, 6) is 0.436. The Morgan fingerprint density at radius 3 is 2.77 bits per heavy atom. The van der Waals surface area contributed by atoms with E-state index in [1.54, 1.807) is 7.11 Å². The number of carbonyl (C=O) groups is 1. The third-order valence-electron chi connectivity index (χ3n) is 3.09. The van der Waals surface area contributed by atoms with Gasteiger partial charge in [0.05, 0.1) is 6.61 Å². The lowest BCUT2D eigenvalue weighted by Gasteiger charge is -2.11. The second-order valence-corrected chi connectivity index (χ2v) is 5.32. The van der Waals surface area contributed by atoms with Gasteiger partial charge < -0.3 is 10.1 Å². The van der Waals surface area contributed by atoms with Gasteiger partial charge in [0.25, 0.3) is 0 Å². The minimum absolute atomic E-state index is 0.0481. The fourth-order valence-electron chi connectivity index (χ4n) is 2.04. The number of methoxy groups -OCH3 is 1. The highest BCUT2D eigenvalue weighted by molar-refractivity contribution is 5.75. The zero-order valence-corrected chi connectivity index (χ0v) is 13.1. The maximum Gasteiger partial charge on any atom is 0.243 e. The van der Waals surface area contributed by atoms with Gasteiger partial charge in [0.15, 0.2) is 5.82 Å². The van der Waals surface area contributed by atoms with E-state index in [0.717, 1.165) is 5.56 Å². The molecular weight excluding hydrogens is 282 g/mol. The Labute approximate surface area is 129 Å². The largest absolute Gasteiger partial charge is 0.383 e. The van der Waals surface area contributed by atoms with Crippen molar-refractivity contribution < 1.29 is 9.53 Å². The van der Waals surface area contributed by atoms with Gasteiger partial charge in [0.2, 0.25) is 5.91 Å². The molecule has 1 amide bonds. The summed E-state index contributed by atoms with van der Waals surface area (Å²) in [6.07, 6.45) is 0.599. The molecule has 0 aliphatic rings. The van der Waals surface area contributed by atoms with Gasteiger partial charge in [-0.1, -0.05) is 29.8 Å². The molecule has 0 fully saturated rings. The molecule has 0 saturated heterocycles. The molecule has 0 saturated carbocycles. The van der Waals surface area contributed by atoms with Gasteiger partial charge in [-0.05, 0) is 24.6 Å². The van der Waals surface area contributed by atoms with Crippen molar-refractivity contribution in [1.29, 1.82) is 0 Å². The van der Waals surface area contributed by atoms with Gasteiger partial charge in [-0.25, -0.2) is 0 Å². The number of nitrogens with zero attached hydrogens (tertiary/aromatic N) is 4. The van der Waals surface area contributed by atoms with Crippen LogP contribution in [-0.2, 0) is 22.5 Å². The summed E-state index contributed by atoms with van der Waals surface area (Å²) in [5.41, 5.74) is 2.32. The first-order valence-electron chi connectivity index (χ1n) is 7.17. The van der Waals surface area contributed by atoms with Crippen LogP contribution in [0.2, 0.25) is 0 Å². The molecular formula is C15H21N5O2. The third-order valence-corrected chi connectivity index (χ3v) is 3.09. The Morgan fingerprint density at radius 2 is 2.09 bits per heavy atom. The lowest BCUT2D eigenvalue weighted by molar-refractivity contribution is -0.123. The lowest BCUT2D eigenvalue weighted by atomic mass is 10.1. The van der Waals surface area contributed by atoms with E-state index in [4.69, 9.17) is 4.74 Å². The predicted molar refractivity (Wildman–Crippen MR) is 81.3 cm³/mol. The number of tetrazole rings is 1. The molecule has 7 heteroatoms. The number of aryl methyl sites for hydroxylation is 1. The van der Waals surface area contributed by atoms with E-state index in [-0.39, 0.29) is 18.5 Å². The number of benzene rings is 1. The standard InChI is InChI=1S/C15H21N5O2/c1-11-4-6-13(7-5-11)8-14-17-19-20(18-14)9-15(21)16-12(2)10-22-3/h4-7,12H,8-10H2,1-3H3,(H,16,21)/t12-/m1/s1. The number of carbonyl (C=O) groups excluding carboxylic acids is 1. The fraction of sp³-hybridized carbons (Fsp3) is 0.467. The highest BCUT2D eigenvalue weighted by Crippen LogP contribution is 2.06. The molecule has 118 valence electrons. The Hall–Kier alpha value is -2.28. The molecule has 2 aromatic rings. The minimum atomic E-state index is -0.163. The van der Waals surface area contributed by atoms with E-state index in [2.05, 4.69) is 20.7 Å². The smallest absolute Gasteiger partial charge is 0.243 e. The topological polar surface area (TPSA) is 81.9 Å². The van der Waals surface area contributed by atoms with E-state index in [1.165, 1.54) is 10.4 Å². The molecule has 2 rings (SSSR count). The van der Waals surface area contributed by atoms with Crippen LogP contribution >= 0.6 is 0 Å². The quantitative estimate of drug-likeness (QED) is 0.815. The fourth-order valence-corrected chi connectivity index (χ4v) is 2.04. The molecule has 0 unspecified atom stereocenters. The first-order chi connectivity index (χ1) is 10.6. The molecule has 0 aliphatic carbocycles. The summed E-state index contributed by atoms with van der Waals surface area (Å²) in [6, 6.07) is 8.12. The summed E-state index contributed by atoms with van der Waals surface area (Å²) in [5, 5.41) is 14.9. The second kappa shape index (κ2) is 7.65. The summed E-state index contributed by atoms with van der Waals surface area (Å²) in [4.78, 5) is 13.1. The number of aromatic nitrogens is 4. The Kier molecular flexibility index (Phi) is 5.60. The Morgan fingerprint density at radius 1 is 1.36 bits per heavy atom. The molecule has 1 atom stereocenters. The summed E-state index contributed by atoms with van der Waals surface area (Å²) in [6.45, 7) is 4.44. The normalized spacial score (nSPS) is 12.1. The maximum absolute atomic E-state index is 11.8. The van der Waals surface area contributed by atoms with Gasteiger partial charge in [-0.2, -0.15) is 4.80 Å². The van der Waals surface area contributed by atoms with Crippen LogP contribution in [0.15, 0.2) is 24.3 Å². The SMILES string of the molecule is COC[C@@H](C)NC(=O)Cn1nnc(Cc2ccc(C)cc2)n1. The predicted octanol–water partition coefficient (Wildman–Crippen LogP) is 0.723. The zero-order chi connectivity index (χ0) is 15.9. The number of ether oxygens (including phenoxy) is 1. The van der Waals surface area contributed by atoms with Crippen LogP contribution in [0.3, 0.4) is 0 Å². The summed E-state index contributed by atoms with van der Waals surface area (Å²) >= 11 is 0. The van der Waals surface area contributed by atoms with E-state index >= 15 is 0 Å². The summed E-state index contributed by atoms with van der Waals surface area (Å²) in [7, 11) is 1.60. The molecule has 0 spiro atoms. The van der Waals surface area contributed by atoms with Crippen molar-refractivity contribution in [3.63, 3.8) is 0 Å². The van der Waals surface area contributed by atoms with Crippen molar-refractivity contribution >= 4 is 5.91 Å².